The van der Waals surface area contributed by atoms with E-state index < -0.39 is 12.4 Å². The Labute approximate surface area is 97.6 Å². The number of aromatic nitrogens is 1. The Morgan fingerprint density at radius 3 is 2.67 bits per heavy atom. The number of carboxylic acid groups (broad SMARTS) is 1. The van der Waals surface area contributed by atoms with Crippen molar-refractivity contribution in [2.75, 3.05) is 0 Å². The molecule has 82 valence electrons. The van der Waals surface area contributed by atoms with Crippen LogP contribution >= 0.6 is 22.6 Å². The lowest BCUT2D eigenvalue weighted by molar-refractivity contribution is 0.0688. The Bertz CT molecular complexity index is 398. The van der Waals surface area contributed by atoms with Crippen molar-refractivity contribution in [1.82, 2.24) is 4.98 Å². The van der Waals surface area contributed by atoms with Gasteiger partial charge in [-0.3, -0.25) is 0 Å². The standard InChI is InChI=1S/C8H7F2IN2O2/c9-7(10)4-2-13-6(8(14)15)3(1-12)5(4)11/h2,7H,1,12H2,(H,14,15). The first kappa shape index (κ1) is 12.2. The van der Waals surface area contributed by atoms with Gasteiger partial charge < -0.3 is 10.8 Å². The highest BCUT2D eigenvalue weighted by Gasteiger charge is 2.20. The molecule has 15 heavy (non-hydrogen) atoms. The molecule has 0 amide bonds. The van der Waals surface area contributed by atoms with Crippen LogP contribution in [0.2, 0.25) is 0 Å². The number of carbonyl (C=O) groups is 1. The number of rotatable bonds is 3. The Morgan fingerprint density at radius 1 is 1.67 bits per heavy atom. The molecule has 0 saturated carbocycles. The molecule has 1 aromatic heterocycles. The van der Waals surface area contributed by atoms with Crippen molar-refractivity contribution in [3.8, 4) is 0 Å². The summed E-state index contributed by atoms with van der Waals surface area (Å²) in [7, 11) is 0. The first-order chi connectivity index (χ1) is 6.99. The molecule has 0 unspecified atom stereocenters. The molecule has 0 aromatic carbocycles. The summed E-state index contributed by atoms with van der Waals surface area (Å²) in [6, 6.07) is 0. The van der Waals surface area contributed by atoms with Gasteiger partial charge in [-0.25, -0.2) is 18.6 Å². The van der Waals surface area contributed by atoms with Gasteiger partial charge in [-0.05, 0) is 22.6 Å². The van der Waals surface area contributed by atoms with Crippen LogP contribution < -0.4 is 5.73 Å². The van der Waals surface area contributed by atoms with Gasteiger partial charge in [0, 0.05) is 27.4 Å². The molecule has 0 saturated heterocycles. The zero-order valence-electron chi connectivity index (χ0n) is 7.38. The number of alkyl halides is 2. The van der Waals surface area contributed by atoms with Gasteiger partial charge in [0.2, 0.25) is 0 Å². The van der Waals surface area contributed by atoms with Gasteiger partial charge in [-0.1, -0.05) is 0 Å². The molecule has 0 fully saturated rings. The van der Waals surface area contributed by atoms with Gasteiger partial charge in [-0.2, -0.15) is 0 Å². The summed E-state index contributed by atoms with van der Waals surface area (Å²) >= 11 is 1.65. The van der Waals surface area contributed by atoms with Crippen LogP contribution in [0.3, 0.4) is 0 Å². The van der Waals surface area contributed by atoms with Crippen LogP contribution in [0.5, 0.6) is 0 Å². The second kappa shape index (κ2) is 4.79. The first-order valence-electron chi connectivity index (χ1n) is 3.87. The average Bonchev–Trinajstić information content (AvgIpc) is 2.16. The van der Waals surface area contributed by atoms with E-state index in [1.165, 1.54) is 0 Å². The number of aromatic carboxylic acids is 1. The van der Waals surface area contributed by atoms with Crippen molar-refractivity contribution in [2.45, 2.75) is 13.0 Å². The lowest BCUT2D eigenvalue weighted by Crippen LogP contribution is -2.13. The van der Waals surface area contributed by atoms with Gasteiger partial charge in [0.1, 0.15) is 0 Å². The molecular formula is C8H7F2IN2O2. The van der Waals surface area contributed by atoms with E-state index in [9.17, 15) is 13.6 Å². The number of hydrogen-bond donors (Lipinski definition) is 2. The van der Waals surface area contributed by atoms with Crippen molar-refractivity contribution in [1.29, 1.82) is 0 Å². The fourth-order valence-electron chi connectivity index (χ4n) is 1.07. The molecule has 1 heterocycles. The Balaban J connectivity index is 3.39. The summed E-state index contributed by atoms with van der Waals surface area (Å²) in [4.78, 5) is 14.2. The molecule has 0 spiro atoms. The number of pyridine rings is 1. The van der Waals surface area contributed by atoms with E-state index in [4.69, 9.17) is 10.8 Å². The number of nitrogens with two attached hydrogens (primary N) is 1. The van der Waals surface area contributed by atoms with Gasteiger partial charge in [0.15, 0.2) is 5.69 Å². The summed E-state index contributed by atoms with van der Waals surface area (Å²) in [5.41, 5.74) is 4.88. The zero-order valence-corrected chi connectivity index (χ0v) is 9.53. The largest absolute Gasteiger partial charge is 0.477 e. The fourth-order valence-corrected chi connectivity index (χ4v) is 1.92. The highest BCUT2D eigenvalue weighted by Crippen LogP contribution is 2.27. The van der Waals surface area contributed by atoms with Crippen LogP contribution in [0.25, 0.3) is 0 Å². The Kier molecular flexibility index (Phi) is 3.91. The molecule has 4 nitrogen and oxygen atoms in total. The van der Waals surface area contributed by atoms with Crippen LogP contribution in [0.1, 0.15) is 28.0 Å². The van der Waals surface area contributed by atoms with Crippen molar-refractivity contribution in [3.63, 3.8) is 0 Å². The summed E-state index contributed by atoms with van der Waals surface area (Å²) in [6.45, 7) is -0.131. The van der Waals surface area contributed by atoms with E-state index in [-0.39, 0.29) is 26.9 Å². The highest BCUT2D eigenvalue weighted by atomic mass is 127. The monoisotopic (exact) mass is 328 g/mol. The maximum absolute atomic E-state index is 12.4. The average molecular weight is 328 g/mol. The lowest BCUT2D eigenvalue weighted by atomic mass is 10.1. The molecule has 0 bridgehead atoms. The summed E-state index contributed by atoms with van der Waals surface area (Å²) in [6.07, 6.45) is -1.81. The van der Waals surface area contributed by atoms with E-state index >= 15 is 0 Å². The normalized spacial score (nSPS) is 10.7. The molecule has 1 aromatic rings. The molecule has 0 aliphatic heterocycles. The van der Waals surface area contributed by atoms with E-state index in [0.29, 0.717) is 0 Å². The number of hydrogen-bond acceptors (Lipinski definition) is 3. The van der Waals surface area contributed by atoms with E-state index in [1.807, 2.05) is 0 Å². The number of nitrogens with zero attached hydrogens (tertiary/aromatic N) is 1. The van der Waals surface area contributed by atoms with Crippen molar-refractivity contribution < 1.29 is 18.7 Å². The quantitative estimate of drug-likeness (QED) is 0.830. The van der Waals surface area contributed by atoms with Crippen LogP contribution in [0.15, 0.2) is 6.20 Å². The Morgan fingerprint density at radius 2 is 2.27 bits per heavy atom. The van der Waals surface area contributed by atoms with Gasteiger partial charge in [0.25, 0.3) is 6.43 Å². The molecule has 0 aliphatic carbocycles. The fraction of sp³-hybridized carbons (Fsp3) is 0.250. The van der Waals surface area contributed by atoms with Crippen LogP contribution in [0, 0.1) is 3.57 Å². The number of carboxylic acids is 1. The third-order valence-corrected chi connectivity index (χ3v) is 3.05. The highest BCUT2D eigenvalue weighted by molar-refractivity contribution is 14.1. The van der Waals surface area contributed by atoms with Crippen molar-refractivity contribution >= 4 is 28.6 Å². The summed E-state index contributed by atoms with van der Waals surface area (Å²) in [5.74, 6) is -1.27. The number of halogens is 3. The van der Waals surface area contributed by atoms with Gasteiger partial charge in [0.05, 0.1) is 0 Å². The summed E-state index contributed by atoms with van der Waals surface area (Å²) in [5, 5.41) is 8.74. The van der Waals surface area contributed by atoms with Crippen LogP contribution in [-0.2, 0) is 6.54 Å². The second-order valence-corrected chi connectivity index (χ2v) is 3.74. The van der Waals surface area contributed by atoms with Crippen LogP contribution in [-0.4, -0.2) is 16.1 Å². The second-order valence-electron chi connectivity index (χ2n) is 2.66. The molecule has 0 atom stereocenters. The smallest absolute Gasteiger partial charge is 0.354 e. The van der Waals surface area contributed by atoms with Crippen molar-refractivity contribution in [2.24, 2.45) is 5.73 Å². The van der Waals surface area contributed by atoms with E-state index in [1.54, 1.807) is 22.6 Å². The molecule has 1 rings (SSSR count). The lowest BCUT2D eigenvalue weighted by Gasteiger charge is -2.09. The predicted molar refractivity (Wildman–Crippen MR) is 56.8 cm³/mol. The minimum atomic E-state index is -2.68. The SMILES string of the molecule is NCc1c(C(=O)O)ncc(C(F)F)c1I. The van der Waals surface area contributed by atoms with Crippen LogP contribution in [0.4, 0.5) is 8.78 Å². The molecule has 0 aliphatic rings. The van der Waals surface area contributed by atoms with Crippen molar-refractivity contribution in [3.05, 3.63) is 26.6 Å². The molecule has 3 N–H and O–H groups in total. The Hall–Kier alpha value is -0.830. The van der Waals surface area contributed by atoms with Gasteiger partial charge >= 0.3 is 5.97 Å². The molecule has 7 heteroatoms. The maximum Gasteiger partial charge on any atom is 0.354 e. The minimum Gasteiger partial charge on any atom is -0.477 e. The first-order valence-corrected chi connectivity index (χ1v) is 4.95. The minimum absolute atomic E-state index is 0.131. The van der Waals surface area contributed by atoms with E-state index in [2.05, 4.69) is 4.98 Å². The van der Waals surface area contributed by atoms with Gasteiger partial charge in [-0.15, -0.1) is 0 Å². The third-order valence-electron chi connectivity index (χ3n) is 1.78. The van der Waals surface area contributed by atoms with E-state index in [0.717, 1.165) is 6.20 Å². The molecule has 0 radical (unpaired) electrons. The summed E-state index contributed by atoms with van der Waals surface area (Å²) < 4.78 is 25.1. The molecular weight excluding hydrogens is 321 g/mol. The maximum atomic E-state index is 12.4. The third kappa shape index (κ3) is 2.40. The zero-order chi connectivity index (χ0) is 11.6. The predicted octanol–water partition coefficient (Wildman–Crippen LogP) is 1.78. The topological polar surface area (TPSA) is 76.2 Å².